The standard InChI is InChI=1S/C13H15NO4/c15-13(16)9-2-1-5-14-12(9)8-3-4-10-11(6-8)18-7-17-10/h3-4,6,9,12,14H,1-2,5,7H2,(H,15,16)/t9-,12+/m0/s1. The van der Waals surface area contributed by atoms with E-state index in [1.807, 2.05) is 18.2 Å². The Balaban J connectivity index is 1.90. The van der Waals surface area contributed by atoms with Gasteiger partial charge in [0.1, 0.15) is 0 Å². The molecular formula is C13H15NO4. The van der Waals surface area contributed by atoms with Crippen molar-refractivity contribution >= 4 is 5.97 Å². The summed E-state index contributed by atoms with van der Waals surface area (Å²) >= 11 is 0. The Morgan fingerprint density at radius 1 is 1.33 bits per heavy atom. The number of piperidine rings is 1. The second kappa shape index (κ2) is 4.49. The first-order valence-electron chi connectivity index (χ1n) is 6.11. The molecular weight excluding hydrogens is 234 g/mol. The first kappa shape index (κ1) is 11.3. The van der Waals surface area contributed by atoms with Crippen LogP contribution < -0.4 is 14.8 Å². The summed E-state index contributed by atoms with van der Waals surface area (Å²) in [6.07, 6.45) is 1.61. The van der Waals surface area contributed by atoms with E-state index in [1.54, 1.807) is 0 Å². The van der Waals surface area contributed by atoms with Crippen molar-refractivity contribution < 1.29 is 19.4 Å². The number of carboxylic acids is 1. The van der Waals surface area contributed by atoms with Crippen LogP contribution in [0.5, 0.6) is 11.5 Å². The maximum atomic E-state index is 11.3. The molecule has 1 saturated heterocycles. The predicted octanol–water partition coefficient (Wildman–Crippen LogP) is 1.54. The molecule has 0 radical (unpaired) electrons. The Morgan fingerprint density at radius 2 is 2.17 bits per heavy atom. The van der Waals surface area contributed by atoms with Crippen LogP contribution in [0.1, 0.15) is 24.4 Å². The summed E-state index contributed by atoms with van der Waals surface area (Å²) in [5, 5.41) is 12.5. The summed E-state index contributed by atoms with van der Waals surface area (Å²) < 4.78 is 10.6. The molecule has 2 heterocycles. The largest absolute Gasteiger partial charge is 0.481 e. The molecule has 0 unspecified atom stereocenters. The molecule has 0 aromatic heterocycles. The molecule has 2 aliphatic rings. The molecule has 96 valence electrons. The first-order chi connectivity index (χ1) is 8.75. The van der Waals surface area contributed by atoms with Gasteiger partial charge in [0.2, 0.25) is 6.79 Å². The van der Waals surface area contributed by atoms with Gasteiger partial charge in [-0.25, -0.2) is 0 Å². The summed E-state index contributed by atoms with van der Waals surface area (Å²) in [5.74, 6) is 0.300. The highest BCUT2D eigenvalue weighted by Crippen LogP contribution is 2.37. The maximum absolute atomic E-state index is 11.3. The number of hydrogen-bond acceptors (Lipinski definition) is 4. The summed E-state index contributed by atoms with van der Waals surface area (Å²) in [6, 6.07) is 5.48. The number of hydrogen-bond donors (Lipinski definition) is 2. The van der Waals surface area contributed by atoms with E-state index in [0.717, 1.165) is 24.3 Å². The molecule has 0 amide bonds. The zero-order valence-corrected chi connectivity index (χ0v) is 9.89. The van der Waals surface area contributed by atoms with Gasteiger partial charge in [-0.2, -0.15) is 0 Å². The zero-order valence-electron chi connectivity index (χ0n) is 9.89. The average molecular weight is 249 g/mol. The lowest BCUT2D eigenvalue weighted by molar-refractivity contribution is -0.143. The van der Waals surface area contributed by atoms with Gasteiger partial charge < -0.3 is 19.9 Å². The third-order valence-corrected chi connectivity index (χ3v) is 3.53. The van der Waals surface area contributed by atoms with Crippen molar-refractivity contribution in [2.75, 3.05) is 13.3 Å². The molecule has 0 spiro atoms. The van der Waals surface area contributed by atoms with Gasteiger partial charge in [-0.15, -0.1) is 0 Å². The Kier molecular flexibility index (Phi) is 2.83. The lowest BCUT2D eigenvalue weighted by Gasteiger charge is -2.30. The van der Waals surface area contributed by atoms with Crippen LogP contribution in [0, 0.1) is 5.92 Å². The van der Waals surface area contributed by atoms with Crippen molar-refractivity contribution in [2.45, 2.75) is 18.9 Å². The SMILES string of the molecule is O=C(O)[C@H]1CCCN[C@@H]1c1ccc2c(c1)OCO2. The fourth-order valence-corrected chi connectivity index (χ4v) is 2.61. The van der Waals surface area contributed by atoms with E-state index >= 15 is 0 Å². The number of carbonyl (C=O) groups is 1. The van der Waals surface area contributed by atoms with Crippen molar-refractivity contribution in [1.82, 2.24) is 5.32 Å². The lowest BCUT2D eigenvalue weighted by Crippen LogP contribution is -2.38. The number of fused-ring (bicyclic) bond motifs is 1. The highest BCUT2D eigenvalue weighted by atomic mass is 16.7. The fourth-order valence-electron chi connectivity index (χ4n) is 2.61. The van der Waals surface area contributed by atoms with Crippen LogP contribution in [-0.4, -0.2) is 24.4 Å². The van der Waals surface area contributed by atoms with Crippen molar-refractivity contribution in [2.24, 2.45) is 5.92 Å². The molecule has 3 rings (SSSR count). The van der Waals surface area contributed by atoms with E-state index in [9.17, 15) is 9.90 Å². The summed E-state index contributed by atoms with van der Waals surface area (Å²) in [4.78, 5) is 11.3. The van der Waals surface area contributed by atoms with Gasteiger partial charge in [0.15, 0.2) is 11.5 Å². The molecule has 0 aliphatic carbocycles. The van der Waals surface area contributed by atoms with Gasteiger partial charge in [-0.1, -0.05) is 6.07 Å². The third kappa shape index (κ3) is 1.90. The van der Waals surface area contributed by atoms with E-state index in [1.165, 1.54) is 0 Å². The zero-order chi connectivity index (χ0) is 12.5. The molecule has 1 aromatic rings. The lowest BCUT2D eigenvalue weighted by atomic mass is 9.86. The van der Waals surface area contributed by atoms with Crippen molar-refractivity contribution in [3.8, 4) is 11.5 Å². The van der Waals surface area contributed by atoms with Crippen LogP contribution in [0.15, 0.2) is 18.2 Å². The highest BCUT2D eigenvalue weighted by Gasteiger charge is 2.32. The van der Waals surface area contributed by atoms with Crippen molar-refractivity contribution in [3.05, 3.63) is 23.8 Å². The van der Waals surface area contributed by atoms with E-state index < -0.39 is 5.97 Å². The van der Waals surface area contributed by atoms with Crippen molar-refractivity contribution in [3.63, 3.8) is 0 Å². The minimum atomic E-state index is -0.745. The molecule has 1 aromatic carbocycles. The van der Waals surface area contributed by atoms with Gasteiger partial charge in [0.25, 0.3) is 0 Å². The van der Waals surface area contributed by atoms with Gasteiger partial charge >= 0.3 is 5.97 Å². The topological polar surface area (TPSA) is 67.8 Å². The second-order valence-corrected chi connectivity index (χ2v) is 4.63. The van der Waals surface area contributed by atoms with Gasteiger partial charge in [0, 0.05) is 6.04 Å². The van der Waals surface area contributed by atoms with E-state index in [-0.39, 0.29) is 18.8 Å². The number of carboxylic acid groups (broad SMARTS) is 1. The predicted molar refractivity (Wildman–Crippen MR) is 63.7 cm³/mol. The third-order valence-electron chi connectivity index (χ3n) is 3.53. The number of rotatable bonds is 2. The number of nitrogens with one attached hydrogen (secondary N) is 1. The second-order valence-electron chi connectivity index (χ2n) is 4.63. The Hall–Kier alpha value is -1.75. The maximum Gasteiger partial charge on any atom is 0.308 e. The Morgan fingerprint density at radius 3 is 3.00 bits per heavy atom. The Labute approximate surface area is 105 Å². The molecule has 18 heavy (non-hydrogen) atoms. The van der Waals surface area contributed by atoms with E-state index in [0.29, 0.717) is 12.2 Å². The number of benzene rings is 1. The number of ether oxygens (including phenoxy) is 2. The number of aliphatic carboxylic acids is 1. The minimum absolute atomic E-state index is 0.147. The van der Waals surface area contributed by atoms with E-state index in [2.05, 4.69) is 5.32 Å². The minimum Gasteiger partial charge on any atom is -0.481 e. The molecule has 5 nitrogen and oxygen atoms in total. The molecule has 1 fully saturated rings. The highest BCUT2D eigenvalue weighted by molar-refractivity contribution is 5.71. The summed E-state index contributed by atoms with van der Waals surface area (Å²) in [5.41, 5.74) is 0.950. The molecule has 2 aliphatic heterocycles. The van der Waals surface area contributed by atoms with Crippen LogP contribution in [0.2, 0.25) is 0 Å². The van der Waals surface area contributed by atoms with Gasteiger partial charge in [0.05, 0.1) is 5.92 Å². The fraction of sp³-hybridized carbons (Fsp3) is 0.462. The quantitative estimate of drug-likeness (QED) is 0.832. The first-order valence-corrected chi connectivity index (χ1v) is 6.11. The van der Waals surface area contributed by atoms with Gasteiger partial charge in [-0.3, -0.25) is 4.79 Å². The molecule has 2 atom stereocenters. The molecule has 0 saturated carbocycles. The average Bonchev–Trinajstić information content (AvgIpc) is 2.85. The van der Waals surface area contributed by atoms with Crippen LogP contribution in [0.25, 0.3) is 0 Å². The summed E-state index contributed by atoms with van der Waals surface area (Å²) in [7, 11) is 0. The van der Waals surface area contributed by atoms with Gasteiger partial charge in [-0.05, 0) is 37.1 Å². The van der Waals surface area contributed by atoms with Crippen LogP contribution in [0.4, 0.5) is 0 Å². The summed E-state index contributed by atoms with van der Waals surface area (Å²) in [6.45, 7) is 1.09. The molecule has 2 N–H and O–H groups in total. The van der Waals surface area contributed by atoms with Crippen LogP contribution in [0.3, 0.4) is 0 Å². The molecule has 0 bridgehead atoms. The normalized spacial score (nSPS) is 26.0. The Bertz CT molecular complexity index is 474. The van der Waals surface area contributed by atoms with E-state index in [4.69, 9.17) is 9.47 Å². The monoisotopic (exact) mass is 249 g/mol. The van der Waals surface area contributed by atoms with Crippen LogP contribution >= 0.6 is 0 Å². The van der Waals surface area contributed by atoms with Crippen molar-refractivity contribution in [1.29, 1.82) is 0 Å². The smallest absolute Gasteiger partial charge is 0.308 e. The van der Waals surface area contributed by atoms with Crippen LogP contribution in [-0.2, 0) is 4.79 Å². The molecule has 5 heteroatoms.